The first-order valence-corrected chi connectivity index (χ1v) is 5.68. The van der Waals surface area contributed by atoms with Crippen LogP contribution in [0.2, 0.25) is 0 Å². The van der Waals surface area contributed by atoms with E-state index in [1.807, 2.05) is 12.1 Å². The van der Waals surface area contributed by atoms with E-state index in [9.17, 15) is 0 Å². The Bertz CT molecular complexity index is 335. The normalized spacial score (nSPS) is 21.7. The second kappa shape index (κ2) is 4.92. The van der Waals surface area contributed by atoms with Crippen LogP contribution in [0.15, 0.2) is 22.8 Å². The van der Waals surface area contributed by atoms with E-state index >= 15 is 0 Å². The third kappa shape index (κ3) is 2.68. The van der Waals surface area contributed by atoms with E-state index in [2.05, 4.69) is 25.8 Å². The molecule has 1 aliphatic heterocycles. The lowest BCUT2D eigenvalue weighted by molar-refractivity contribution is 0.00336. The van der Waals surface area contributed by atoms with Crippen LogP contribution in [0.25, 0.3) is 0 Å². The van der Waals surface area contributed by atoms with Crippen molar-refractivity contribution >= 4 is 21.7 Å². The van der Waals surface area contributed by atoms with E-state index in [0.717, 1.165) is 16.8 Å². The first kappa shape index (κ1) is 10.9. The minimum atomic E-state index is -0.0977. The molecule has 0 radical (unpaired) electrons. The molecule has 0 aliphatic carbocycles. The molecular formula is C10H13BrN2O2. The Morgan fingerprint density at radius 2 is 2.53 bits per heavy atom. The Hall–Kier alpha value is -0.650. The number of hydrogen-bond donors (Lipinski definition) is 1. The van der Waals surface area contributed by atoms with E-state index in [0.29, 0.717) is 13.2 Å². The van der Waals surface area contributed by atoms with Crippen LogP contribution >= 0.6 is 15.9 Å². The maximum Gasteiger partial charge on any atom is 0.129 e. The minimum Gasteiger partial charge on any atom is -0.394 e. The van der Waals surface area contributed by atoms with Gasteiger partial charge in [0, 0.05) is 23.8 Å². The summed E-state index contributed by atoms with van der Waals surface area (Å²) >= 11 is 3.41. The van der Waals surface area contributed by atoms with Crippen LogP contribution in [0.3, 0.4) is 0 Å². The molecule has 1 atom stereocenters. The summed E-state index contributed by atoms with van der Waals surface area (Å²) in [5.41, 5.74) is 0. The Morgan fingerprint density at radius 3 is 3.27 bits per heavy atom. The fourth-order valence-corrected chi connectivity index (χ4v) is 1.93. The molecule has 0 aromatic carbocycles. The van der Waals surface area contributed by atoms with E-state index < -0.39 is 0 Å². The molecule has 2 rings (SSSR count). The molecule has 1 saturated heterocycles. The highest BCUT2D eigenvalue weighted by molar-refractivity contribution is 9.10. The van der Waals surface area contributed by atoms with Gasteiger partial charge in [0.05, 0.1) is 19.3 Å². The first-order chi connectivity index (χ1) is 7.29. The van der Waals surface area contributed by atoms with E-state index in [1.54, 1.807) is 6.20 Å². The number of morpholine rings is 1. The minimum absolute atomic E-state index is 0.0600. The molecule has 0 spiro atoms. The van der Waals surface area contributed by atoms with Gasteiger partial charge in [-0.15, -0.1) is 0 Å². The van der Waals surface area contributed by atoms with Crippen molar-refractivity contribution in [3.8, 4) is 0 Å². The molecule has 1 aliphatic rings. The molecule has 82 valence electrons. The highest BCUT2D eigenvalue weighted by Crippen LogP contribution is 2.19. The molecule has 2 heterocycles. The third-order valence-corrected chi connectivity index (χ3v) is 2.87. The highest BCUT2D eigenvalue weighted by Gasteiger charge is 2.20. The predicted octanol–water partition coefficient (Wildman–Crippen LogP) is 1.04. The van der Waals surface area contributed by atoms with Crippen LogP contribution in [0.1, 0.15) is 0 Å². The molecule has 1 aromatic heterocycles. The number of hydrogen-bond acceptors (Lipinski definition) is 4. The van der Waals surface area contributed by atoms with Crippen LogP contribution in [0, 0.1) is 0 Å². The molecule has 0 bridgehead atoms. The lowest BCUT2D eigenvalue weighted by Crippen LogP contribution is -2.44. The standard InChI is InChI=1S/C10H13BrN2O2/c11-8-1-2-12-10(5-8)13-3-4-15-9(6-13)7-14/h1-2,5,9,14H,3-4,6-7H2/t9-/m0/s1. The van der Waals surface area contributed by atoms with Gasteiger partial charge in [0.1, 0.15) is 5.82 Å². The van der Waals surface area contributed by atoms with Crippen LogP contribution in [-0.4, -0.2) is 42.5 Å². The smallest absolute Gasteiger partial charge is 0.129 e. The summed E-state index contributed by atoms with van der Waals surface area (Å²) in [6.45, 7) is 2.21. The Kier molecular flexibility index (Phi) is 3.56. The van der Waals surface area contributed by atoms with E-state index in [1.165, 1.54) is 0 Å². The number of aliphatic hydroxyl groups excluding tert-OH is 1. The predicted molar refractivity (Wildman–Crippen MR) is 61.0 cm³/mol. The van der Waals surface area contributed by atoms with Gasteiger partial charge in [-0.25, -0.2) is 4.98 Å². The zero-order chi connectivity index (χ0) is 10.7. The van der Waals surface area contributed by atoms with E-state index in [-0.39, 0.29) is 12.7 Å². The lowest BCUT2D eigenvalue weighted by atomic mass is 10.3. The maximum absolute atomic E-state index is 9.03. The van der Waals surface area contributed by atoms with Gasteiger partial charge in [-0.05, 0) is 12.1 Å². The van der Waals surface area contributed by atoms with Crippen LogP contribution < -0.4 is 4.90 Å². The SMILES string of the molecule is OC[C@@H]1CN(c2cc(Br)ccn2)CCO1. The van der Waals surface area contributed by atoms with Gasteiger partial charge < -0.3 is 14.7 Å². The second-order valence-electron chi connectivity index (χ2n) is 3.45. The van der Waals surface area contributed by atoms with Crippen LogP contribution in [0.4, 0.5) is 5.82 Å². The third-order valence-electron chi connectivity index (χ3n) is 2.37. The molecule has 1 fully saturated rings. The molecule has 1 aromatic rings. The van der Waals surface area contributed by atoms with Gasteiger partial charge >= 0.3 is 0 Å². The van der Waals surface area contributed by atoms with Crippen molar-refractivity contribution < 1.29 is 9.84 Å². The van der Waals surface area contributed by atoms with Crippen molar-refractivity contribution in [1.82, 2.24) is 4.98 Å². The number of ether oxygens (including phenoxy) is 1. The summed E-state index contributed by atoms with van der Waals surface area (Å²) in [4.78, 5) is 6.41. The quantitative estimate of drug-likeness (QED) is 0.874. The van der Waals surface area contributed by atoms with Crippen molar-refractivity contribution in [1.29, 1.82) is 0 Å². The molecule has 0 unspecified atom stereocenters. The molecule has 0 amide bonds. The largest absolute Gasteiger partial charge is 0.394 e. The fraction of sp³-hybridized carbons (Fsp3) is 0.500. The number of aromatic nitrogens is 1. The topological polar surface area (TPSA) is 45.6 Å². The van der Waals surface area contributed by atoms with Crippen molar-refractivity contribution in [2.24, 2.45) is 0 Å². The zero-order valence-electron chi connectivity index (χ0n) is 8.27. The number of pyridine rings is 1. The van der Waals surface area contributed by atoms with Gasteiger partial charge in [-0.1, -0.05) is 15.9 Å². The average Bonchev–Trinajstić information content (AvgIpc) is 2.29. The van der Waals surface area contributed by atoms with Gasteiger partial charge in [-0.3, -0.25) is 0 Å². The molecular weight excluding hydrogens is 260 g/mol. The zero-order valence-corrected chi connectivity index (χ0v) is 9.85. The van der Waals surface area contributed by atoms with E-state index in [4.69, 9.17) is 9.84 Å². The summed E-state index contributed by atoms with van der Waals surface area (Å²) in [5, 5.41) is 9.03. The van der Waals surface area contributed by atoms with Crippen molar-refractivity contribution in [3.05, 3.63) is 22.8 Å². The molecule has 5 heteroatoms. The summed E-state index contributed by atoms with van der Waals surface area (Å²) in [5.74, 6) is 0.922. The summed E-state index contributed by atoms with van der Waals surface area (Å²) in [6, 6.07) is 3.87. The van der Waals surface area contributed by atoms with Crippen LogP contribution in [-0.2, 0) is 4.74 Å². The van der Waals surface area contributed by atoms with Gasteiger partial charge in [0.15, 0.2) is 0 Å². The fourth-order valence-electron chi connectivity index (χ4n) is 1.60. The van der Waals surface area contributed by atoms with Crippen molar-refractivity contribution in [2.75, 3.05) is 31.2 Å². The Labute approximate surface area is 97.0 Å². The number of halogens is 1. The average molecular weight is 273 g/mol. The first-order valence-electron chi connectivity index (χ1n) is 4.88. The maximum atomic E-state index is 9.03. The van der Waals surface area contributed by atoms with Gasteiger partial charge in [-0.2, -0.15) is 0 Å². The monoisotopic (exact) mass is 272 g/mol. The highest BCUT2D eigenvalue weighted by atomic mass is 79.9. The second-order valence-corrected chi connectivity index (χ2v) is 4.37. The molecule has 0 saturated carbocycles. The summed E-state index contributed by atoms with van der Waals surface area (Å²) < 4.78 is 6.39. The lowest BCUT2D eigenvalue weighted by Gasteiger charge is -2.32. The molecule has 15 heavy (non-hydrogen) atoms. The molecule has 4 nitrogen and oxygen atoms in total. The number of rotatable bonds is 2. The van der Waals surface area contributed by atoms with Crippen LogP contribution in [0.5, 0.6) is 0 Å². The summed E-state index contributed by atoms with van der Waals surface area (Å²) in [7, 11) is 0. The van der Waals surface area contributed by atoms with Gasteiger partial charge in [0.25, 0.3) is 0 Å². The Balaban J connectivity index is 2.09. The number of nitrogens with zero attached hydrogens (tertiary/aromatic N) is 2. The Morgan fingerprint density at radius 1 is 1.67 bits per heavy atom. The molecule has 1 N–H and O–H groups in total. The summed E-state index contributed by atoms with van der Waals surface area (Å²) in [6.07, 6.45) is 1.67. The van der Waals surface area contributed by atoms with Gasteiger partial charge in [0.2, 0.25) is 0 Å². The number of anilines is 1. The van der Waals surface area contributed by atoms with Crippen molar-refractivity contribution in [3.63, 3.8) is 0 Å². The van der Waals surface area contributed by atoms with Crippen molar-refractivity contribution in [2.45, 2.75) is 6.10 Å². The number of aliphatic hydroxyl groups is 1.